The second kappa shape index (κ2) is 6.37. The molecule has 0 aliphatic heterocycles. The minimum absolute atomic E-state index is 0.230. The van der Waals surface area contributed by atoms with E-state index in [9.17, 15) is 0 Å². The average molecular weight is 320 g/mol. The van der Waals surface area contributed by atoms with Gasteiger partial charge in [-0.05, 0) is 55.1 Å². The van der Waals surface area contributed by atoms with Crippen molar-refractivity contribution in [3.05, 3.63) is 46.3 Å². The van der Waals surface area contributed by atoms with E-state index in [1.807, 2.05) is 25.1 Å². The molecule has 3 aromatic rings. The van der Waals surface area contributed by atoms with E-state index in [0.717, 1.165) is 23.1 Å². The summed E-state index contributed by atoms with van der Waals surface area (Å²) in [4.78, 5) is 14.5. The van der Waals surface area contributed by atoms with E-state index in [4.69, 9.17) is 16.3 Å². The Hall–Kier alpha value is -1.72. The molecular formula is C15H14ClN3OS. The second-order valence-electron chi connectivity index (χ2n) is 4.68. The van der Waals surface area contributed by atoms with Crippen LogP contribution in [-0.2, 0) is 6.42 Å². The van der Waals surface area contributed by atoms with Crippen LogP contribution in [-0.4, -0.2) is 21.6 Å². The molecule has 0 N–H and O–H groups in total. The number of pyridine rings is 1. The Morgan fingerprint density at radius 1 is 1.24 bits per heavy atom. The van der Waals surface area contributed by atoms with Gasteiger partial charge in [-0.25, -0.2) is 4.98 Å². The molecule has 0 unspecified atom stereocenters. The van der Waals surface area contributed by atoms with E-state index in [0.29, 0.717) is 12.5 Å². The van der Waals surface area contributed by atoms with Gasteiger partial charge in [-0.2, -0.15) is 4.98 Å². The van der Waals surface area contributed by atoms with Gasteiger partial charge < -0.3 is 4.74 Å². The van der Waals surface area contributed by atoms with Crippen molar-refractivity contribution >= 4 is 33.2 Å². The number of fused-ring (bicyclic) bond motifs is 1. The standard InChI is InChI=1S/C15H14ClN3OS/c1-10-9-12-13(18-15(16)19-14(12)21-10)20-8-2-3-11-4-6-17-7-5-11/h4-7,9H,2-3,8H2,1H3. The third kappa shape index (κ3) is 3.49. The first-order chi connectivity index (χ1) is 10.2. The SMILES string of the molecule is Cc1cc2c(OCCCc3ccncc3)nc(Cl)nc2s1. The Labute approximate surface area is 131 Å². The molecule has 0 saturated carbocycles. The zero-order valence-electron chi connectivity index (χ0n) is 11.5. The molecule has 0 atom stereocenters. The van der Waals surface area contributed by atoms with Crippen LogP contribution < -0.4 is 4.74 Å². The van der Waals surface area contributed by atoms with Crippen LogP contribution in [0, 0.1) is 6.92 Å². The van der Waals surface area contributed by atoms with Gasteiger partial charge in [0.2, 0.25) is 11.2 Å². The van der Waals surface area contributed by atoms with Crippen molar-refractivity contribution < 1.29 is 4.74 Å². The summed E-state index contributed by atoms with van der Waals surface area (Å²) in [6, 6.07) is 6.07. The molecule has 108 valence electrons. The van der Waals surface area contributed by atoms with Gasteiger partial charge in [-0.15, -0.1) is 11.3 Å². The van der Waals surface area contributed by atoms with E-state index in [2.05, 4.69) is 15.0 Å². The molecule has 3 aromatic heterocycles. The van der Waals surface area contributed by atoms with Gasteiger partial charge >= 0.3 is 0 Å². The molecule has 0 amide bonds. The van der Waals surface area contributed by atoms with Gasteiger partial charge in [0.25, 0.3) is 0 Å². The predicted molar refractivity (Wildman–Crippen MR) is 85.2 cm³/mol. The van der Waals surface area contributed by atoms with Gasteiger partial charge in [-0.1, -0.05) is 0 Å². The van der Waals surface area contributed by atoms with Gasteiger partial charge in [-0.3, -0.25) is 4.98 Å². The number of aromatic nitrogens is 3. The van der Waals surface area contributed by atoms with E-state index in [1.54, 1.807) is 23.7 Å². The lowest BCUT2D eigenvalue weighted by molar-refractivity contribution is 0.303. The molecule has 0 radical (unpaired) electrons. The molecule has 0 saturated heterocycles. The van der Waals surface area contributed by atoms with Crippen LogP contribution in [0.15, 0.2) is 30.6 Å². The molecule has 0 fully saturated rings. The van der Waals surface area contributed by atoms with Gasteiger partial charge in [0.15, 0.2) is 0 Å². The molecule has 4 nitrogen and oxygen atoms in total. The zero-order valence-corrected chi connectivity index (χ0v) is 13.1. The Balaban J connectivity index is 1.65. The van der Waals surface area contributed by atoms with Crippen molar-refractivity contribution in [3.8, 4) is 5.88 Å². The first-order valence-electron chi connectivity index (χ1n) is 6.68. The number of halogens is 1. The van der Waals surface area contributed by atoms with Crippen LogP contribution in [0.3, 0.4) is 0 Å². The number of hydrogen-bond donors (Lipinski definition) is 0. The highest BCUT2D eigenvalue weighted by Crippen LogP contribution is 2.30. The lowest BCUT2D eigenvalue weighted by atomic mass is 10.1. The zero-order chi connectivity index (χ0) is 14.7. The number of thiophene rings is 1. The van der Waals surface area contributed by atoms with Gasteiger partial charge in [0, 0.05) is 17.3 Å². The summed E-state index contributed by atoms with van der Waals surface area (Å²) >= 11 is 7.53. The average Bonchev–Trinajstić information content (AvgIpc) is 2.84. The van der Waals surface area contributed by atoms with Crippen molar-refractivity contribution in [3.63, 3.8) is 0 Å². The summed E-state index contributed by atoms with van der Waals surface area (Å²) in [6.07, 6.45) is 5.47. The van der Waals surface area contributed by atoms with Gasteiger partial charge in [0.05, 0.1) is 12.0 Å². The number of ether oxygens (including phenoxy) is 1. The minimum atomic E-state index is 0.230. The maximum Gasteiger partial charge on any atom is 0.227 e. The largest absolute Gasteiger partial charge is 0.477 e. The number of aryl methyl sites for hydroxylation is 2. The third-order valence-electron chi connectivity index (χ3n) is 3.05. The van der Waals surface area contributed by atoms with Crippen LogP contribution in [0.5, 0.6) is 5.88 Å². The fourth-order valence-electron chi connectivity index (χ4n) is 2.10. The molecule has 3 rings (SSSR count). The molecule has 0 aliphatic carbocycles. The smallest absolute Gasteiger partial charge is 0.227 e. The van der Waals surface area contributed by atoms with Crippen molar-refractivity contribution in [2.24, 2.45) is 0 Å². The Morgan fingerprint density at radius 3 is 2.86 bits per heavy atom. The van der Waals surface area contributed by atoms with Crippen LogP contribution >= 0.6 is 22.9 Å². The quantitative estimate of drug-likeness (QED) is 0.525. The first kappa shape index (κ1) is 14.2. The lowest BCUT2D eigenvalue weighted by Gasteiger charge is -2.06. The summed E-state index contributed by atoms with van der Waals surface area (Å²) in [7, 11) is 0. The normalized spacial score (nSPS) is 11.0. The Bertz CT molecular complexity index is 745. The summed E-state index contributed by atoms with van der Waals surface area (Å²) < 4.78 is 5.79. The molecule has 3 heterocycles. The van der Waals surface area contributed by atoms with Crippen LogP contribution in [0.2, 0.25) is 5.28 Å². The molecule has 6 heteroatoms. The second-order valence-corrected chi connectivity index (χ2v) is 6.25. The molecule has 21 heavy (non-hydrogen) atoms. The van der Waals surface area contributed by atoms with Crippen molar-refractivity contribution in [2.45, 2.75) is 19.8 Å². The predicted octanol–water partition coefficient (Wildman–Crippen LogP) is 4.06. The number of nitrogens with zero attached hydrogens (tertiary/aromatic N) is 3. The lowest BCUT2D eigenvalue weighted by Crippen LogP contribution is -2.02. The van der Waals surface area contributed by atoms with Crippen LogP contribution in [0.4, 0.5) is 0 Å². The highest BCUT2D eigenvalue weighted by molar-refractivity contribution is 7.18. The van der Waals surface area contributed by atoms with Gasteiger partial charge in [0.1, 0.15) is 4.83 Å². The van der Waals surface area contributed by atoms with Crippen molar-refractivity contribution in [1.29, 1.82) is 0 Å². The van der Waals surface area contributed by atoms with E-state index in [-0.39, 0.29) is 5.28 Å². The molecule has 0 spiro atoms. The third-order valence-corrected chi connectivity index (χ3v) is 4.17. The van der Waals surface area contributed by atoms with E-state index < -0.39 is 0 Å². The summed E-state index contributed by atoms with van der Waals surface area (Å²) in [5.41, 5.74) is 1.26. The van der Waals surface area contributed by atoms with E-state index in [1.165, 1.54) is 10.4 Å². The fourth-order valence-corrected chi connectivity index (χ4v) is 3.18. The number of hydrogen-bond acceptors (Lipinski definition) is 5. The molecule has 0 aliphatic rings. The summed E-state index contributed by atoms with van der Waals surface area (Å²) in [5.74, 6) is 0.573. The van der Waals surface area contributed by atoms with Crippen molar-refractivity contribution in [1.82, 2.24) is 15.0 Å². The highest BCUT2D eigenvalue weighted by atomic mass is 35.5. The highest BCUT2D eigenvalue weighted by Gasteiger charge is 2.10. The minimum Gasteiger partial charge on any atom is -0.477 e. The van der Waals surface area contributed by atoms with E-state index >= 15 is 0 Å². The molecule has 0 bridgehead atoms. The molecular weight excluding hydrogens is 306 g/mol. The van der Waals surface area contributed by atoms with Crippen LogP contribution in [0.25, 0.3) is 10.2 Å². The summed E-state index contributed by atoms with van der Waals surface area (Å²) in [6.45, 7) is 2.63. The first-order valence-corrected chi connectivity index (χ1v) is 7.87. The molecule has 0 aromatic carbocycles. The monoisotopic (exact) mass is 319 g/mol. The maximum atomic E-state index is 5.94. The van der Waals surface area contributed by atoms with Crippen LogP contribution in [0.1, 0.15) is 16.9 Å². The summed E-state index contributed by atoms with van der Waals surface area (Å²) in [5, 5.41) is 1.17. The topological polar surface area (TPSA) is 47.9 Å². The Kier molecular flexibility index (Phi) is 4.31. The fraction of sp³-hybridized carbons (Fsp3) is 0.267. The maximum absolute atomic E-state index is 5.94. The van der Waals surface area contributed by atoms with Crippen molar-refractivity contribution in [2.75, 3.05) is 6.61 Å². The Morgan fingerprint density at radius 2 is 2.05 bits per heavy atom. The number of rotatable bonds is 5.